The molecule has 0 aliphatic heterocycles. The molecular formula is C17H19F2N3O3S2. The average molecular weight is 415 g/mol. The molecule has 27 heavy (non-hydrogen) atoms. The van der Waals surface area contributed by atoms with Gasteiger partial charge in [0.2, 0.25) is 15.9 Å². The smallest absolute Gasteiger partial charge is 0.288 e. The van der Waals surface area contributed by atoms with Crippen molar-refractivity contribution in [2.24, 2.45) is 0 Å². The molecule has 0 fully saturated rings. The van der Waals surface area contributed by atoms with Crippen LogP contribution in [0.15, 0.2) is 58.3 Å². The number of rotatable bonds is 8. The molecule has 0 bridgehead atoms. The number of alkyl halides is 2. The fourth-order valence-corrected chi connectivity index (χ4v) is 3.46. The van der Waals surface area contributed by atoms with Gasteiger partial charge in [-0.25, -0.2) is 12.7 Å². The zero-order chi connectivity index (χ0) is 20.0. The Bertz CT molecular complexity index is 871. The summed E-state index contributed by atoms with van der Waals surface area (Å²) in [5.74, 6) is -2.82. The number of carbonyl (C=O) groups is 1. The third-order valence-corrected chi connectivity index (χ3v) is 6.00. The number of amides is 1. The van der Waals surface area contributed by atoms with Crippen molar-refractivity contribution in [1.82, 2.24) is 4.31 Å². The molecule has 0 aromatic heterocycles. The maximum absolute atomic E-state index is 12.3. The van der Waals surface area contributed by atoms with Crippen molar-refractivity contribution in [2.45, 2.75) is 15.5 Å². The van der Waals surface area contributed by atoms with Crippen LogP contribution in [-0.4, -0.2) is 45.0 Å². The first-order chi connectivity index (χ1) is 12.7. The summed E-state index contributed by atoms with van der Waals surface area (Å²) in [6.07, 6.45) is 0. The summed E-state index contributed by atoms with van der Waals surface area (Å²) in [5, 5.41) is 5.53. The minimum Gasteiger partial charge on any atom is -0.376 e. The quantitative estimate of drug-likeness (QED) is 0.647. The van der Waals surface area contributed by atoms with Crippen LogP contribution in [0.1, 0.15) is 0 Å². The molecule has 1 amide bonds. The number of nitrogens with one attached hydrogen (secondary N) is 2. The second-order valence-corrected chi connectivity index (χ2v) is 8.83. The third-order valence-electron chi connectivity index (χ3n) is 3.45. The van der Waals surface area contributed by atoms with Crippen molar-refractivity contribution in [2.75, 3.05) is 31.3 Å². The van der Waals surface area contributed by atoms with Crippen LogP contribution >= 0.6 is 11.8 Å². The molecule has 0 aliphatic carbocycles. The molecule has 0 saturated heterocycles. The fourth-order valence-electron chi connectivity index (χ4n) is 2.06. The van der Waals surface area contributed by atoms with Crippen molar-refractivity contribution < 1.29 is 22.0 Å². The first kappa shape index (κ1) is 21.1. The second-order valence-electron chi connectivity index (χ2n) is 5.62. The highest BCUT2D eigenvalue weighted by atomic mass is 32.2. The number of nitrogens with zero attached hydrogens (tertiary/aromatic N) is 1. The van der Waals surface area contributed by atoms with Crippen molar-refractivity contribution in [3.63, 3.8) is 0 Å². The minimum atomic E-state index is -3.50. The van der Waals surface area contributed by atoms with Crippen LogP contribution in [-0.2, 0) is 14.8 Å². The van der Waals surface area contributed by atoms with Crippen molar-refractivity contribution in [3.05, 3.63) is 48.5 Å². The molecule has 0 atom stereocenters. The monoisotopic (exact) mass is 415 g/mol. The lowest BCUT2D eigenvalue weighted by molar-refractivity contribution is -0.114. The number of carbonyl (C=O) groups excluding carboxylic acids is 1. The molecule has 2 rings (SSSR count). The zero-order valence-electron chi connectivity index (χ0n) is 14.6. The Morgan fingerprint density at radius 1 is 1.04 bits per heavy atom. The van der Waals surface area contributed by atoms with Crippen LogP contribution in [0.3, 0.4) is 0 Å². The first-order valence-electron chi connectivity index (χ1n) is 7.79. The van der Waals surface area contributed by atoms with Crippen LogP contribution in [0.25, 0.3) is 0 Å². The average Bonchev–Trinajstić information content (AvgIpc) is 2.61. The summed E-state index contributed by atoms with van der Waals surface area (Å²) in [7, 11) is -0.601. The van der Waals surface area contributed by atoms with Gasteiger partial charge in [-0.3, -0.25) is 4.79 Å². The number of hydrogen-bond acceptors (Lipinski definition) is 5. The maximum atomic E-state index is 12.3. The van der Waals surface area contributed by atoms with Gasteiger partial charge in [0, 0.05) is 30.4 Å². The van der Waals surface area contributed by atoms with E-state index in [4.69, 9.17) is 0 Å². The van der Waals surface area contributed by atoms with Gasteiger partial charge in [-0.1, -0.05) is 11.8 Å². The van der Waals surface area contributed by atoms with E-state index in [0.717, 1.165) is 4.31 Å². The summed E-state index contributed by atoms with van der Waals surface area (Å²) >= 11 is 0.434. The van der Waals surface area contributed by atoms with Gasteiger partial charge in [0.25, 0.3) is 5.76 Å². The lowest BCUT2D eigenvalue weighted by atomic mass is 10.3. The minimum absolute atomic E-state index is 0.0344. The molecule has 2 N–H and O–H groups in total. The Balaban J connectivity index is 1.88. The molecule has 0 unspecified atom stereocenters. The van der Waals surface area contributed by atoms with E-state index in [1.54, 1.807) is 24.3 Å². The first-order valence-corrected chi connectivity index (χ1v) is 10.1. The van der Waals surface area contributed by atoms with Gasteiger partial charge in [0.1, 0.15) is 0 Å². The van der Waals surface area contributed by atoms with E-state index in [-0.39, 0.29) is 17.3 Å². The molecule has 0 heterocycles. The third kappa shape index (κ3) is 6.19. The van der Waals surface area contributed by atoms with E-state index in [9.17, 15) is 22.0 Å². The summed E-state index contributed by atoms with van der Waals surface area (Å²) in [6.45, 7) is -0.0344. The fraction of sp³-hybridized carbons (Fsp3) is 0.235. The molecule has 0 aliphatic rings. The number of halogens is 2. The van der Waals surface area contributed by atoms with E-state index in [2.05, 4.69) is 10.6 Å². The van der Waals surface area contributed by atoms with Gasteiger partial charge in [-0.05, 0) is 48.5 Å². The lowest BCUT2D eigenvalue weighted by Crippen LogP contribution is -2.23. The predicted molar refractivity (Wildman–Crippen MR) is 103 cm³/mol. The largest absolute Gasteiger partial charge is 0.376 e. The molecule has 0 spiro atoms. The topological polar surface area (TPSA) is 78.5 Å². The number of benzene rings is 2. The molecule has 6 nitrogen and oxygen atoms in total. The van der Waals surface area contributed by atoms with E-state index in [1.807, 2.05) is 0 Å². The molecule has 2 aromatic carbocycles. The Morgan fingerprint density at radius 2 is 1.59 bits per heavy atom. The summed E-state index contributed by atoms with van der Waals surface area (Å²) in [5.41, 5.74) is 1.08. The van der Waals surface area contributed by atoms with Gasteiger partial charge in [0.15, 0.2) is 0 Å². The molecule has 0 radical (unpaired) electrons. The van der Waals surface area contributed by atoms with Crippen LogP contribution in [0.5, 0.6) is 0 Å². The van der Waals surface area contributed by atoms with Crippen LogP contribution in [0, 0.1) is 0 Å². The Labute approximate surface area is 161 Å². The Morgan fingerprint density at radius 3 is 2.11 bits per heavy atom. The van der Waals surface area contributed by atoms with Crippen molar-refractivity contribution in [1.29, 1.82) is 0 Å². The Hall–Kier alpha value is -2.17. The maximum Gasteiger partial charge on any atom is 0.288 e. The zero-order valence-corrected chi connectivity index (χ0v) is 16.3. The number of anilines is 2. The normalized spacial score (nSPS) is 11.6. The standard InChI is InChI=1S/C17H19F2N3O3S2/c1-22(2)27(24,25)15-9-5-12(6-10-15)20-11-16(23)21-13-3-7-14(8-4-13)26-17(18)19/h3-10,17,20H,11H2,1-2H3,(H,21,23). The van der Waals surface area contributed by atoms with E-state index in [0.29, 0.717) is 28.0 Å². The summed E-state index contributed by atoms with van der Waals surface area (Å²) < 4.78 is 49.6. The Kier molecular flexibility index (Phi) is 7.17. The lowest BCUT2D eigenvalue weighted by Gasteiger charge is -2.12. The van der Waals surface area contributed by atoms with E-state index < -0.39 is 15.8 Å². The molecular weight excluding hydrogens is 396 g/mol. The molecule has 10 heteroatoms. The molecule has 146 valence electrons. The van der Waals surface area contributed by atoms with Crippen molar-refractivity contribution in [3.8, 4) is 0 Å². The van der Waals surface area contributed by atoms with Gasteiger partial charge in [-0.15, -0.1) is 0 Å². The molecule has 0 saturated carbocycles. The number of sulfonamides is 1. The van der Waals surface area contributed by atoms with E-state index >= 15 is 0 Å². The SMILES string of the molecule is CN(C)S(=O)(=O)c1ccc(NCC(=O)Nc2ccc(SC(F)F)cc2)cc1. The number of thioether (sulfide) groups is 1. The van der Waals surface area contributed by atoms with Crippen LogP contribution < -0.4 is 10.6 Å². The highest BCUT2D eigenvalue weighted by Gasteiger charge is 2.16. The van der Waals surface area contributed by atoms with E-state index in [1.165, 1.54) is 38.4 Å². The van der Waals surface area contributed by atoms with Crippen molar-refractivity contribution >= 4 is 39.1 Å². The highest BCUT2D eigenvalue weighted by Crippen LogP contribution is 2.26. The van der Waals surface area contributed by atoms with Gasteiger partial charge in [0.05, 0.1) is 11.4 Å². The number of hydrogen-bond donors (Lipinski definition) is 2. The van der Waals surface area contributed by atoms with Crippen LogP contribution in [0.2, 0.25) is 0 Å². The predicted octanol–water partition coefficient (Wildman–Crippen LogP) is 3.30. The van der Waals surface area contributed by atoms with Gasteiger partial charge < -0.3 is 10.6 Å². The van der Waals surface area contributed by atoms with Crippen LogP contribution in [0.4, 0.5) is 20.2 Å². The van der Waals surface area contributed by atoms with Gasteiger partial charge in [-0.2, -0.15) is 8.78 Å². The molecule has 2 aromatic rings. The van der Waals surface area contributed by atoms with Gasteiger partial charge >= 0.3 is 0 Å². The second kappa shape index (κ2) is 9.16. The highest BCUT2D eigenvalue weighted by molar-refractivity contribution is 7.99. The summed E-state index contributed by atoms with van der Waals surface area (Å²) in [4.78, 5) is 12.5. The summed E-state index contributed by atoms with van der Waals surface area (Å²) in [6, 6.07) is 12.1.